The Morgan fingerprint density at radius 1 is 1.29 bits per heavy atom. The van der Waals surface area contributed by atoms with Gasteiger partial charge < -0.3 is 5.32 Å². The van der Waals surface area contributed by atoms with Gasteiger partial charge in [-0.1, -0.05) is 30.3 Å². The summed E-state index contributed by atoms with van der Waals surface area (Å²) in [5.41, 5.74) is 3.09. The predicted octanol–water partition coefficient (Wildman–Crippen LogP) is 2.75. The van der Waals surface area contributed by atoms with Crippen LogP contribution in [0, 0.1) is 0 Å². The van der Waals surface area contributed by atoms with Gasteiger partial charge in [0.15, 0.2) is 0 Å². The second kappa shape index (κ2) is 4.72. The Kier molecular flexibility index (Phi) is 2.84. The minimum Gasteiger partial charge on any atom is -0.350 e. The maximum Gasteiger partial charge on any atom is 0.271 e. The highest BCUT2D eigenvalue weighted by Crippen LogP contribution is 2.47. The fraction of sp³-hybridized carbons (Fsp3) is 0.412. The Bertz CT molecular complexity index is 654. The summed E-state index contributed by atoms with van der Waals surface area (Å²) in [6.07, 6.45) is 4.71. The van der Waals surface area contributed by atoms with Crippen molar-refractivity contribution in [3.8, 4) is 0 Å². The zero-order chi connectivity index (χ0) is 14.3. The third-order valence-electron chi connectivity index (χ3n) is 4.67. The minimum absolute atomic E-state index is 0.0691. The number of nitrogens with one attached hydrogen (secondary N) is 2. The van der Waals surface area contributed by atoms with Gasteiger partial charge in [0.2, 0.25) is 0 Å². The first-order valence-corrected chi connectivity index (χ1v) is 7.66. The van der Waals surface area contributed by atoms with E-state index >= 15 is 0 Å². The molecule has 1 aromatic carbocycles. The van der Waals surface area contributed by atoms with Crippen molar-refractivity contribution in [3.63, 3.8) is 0 Å². The summed E-state index contributed by atoms with van der Waals surface area (Å²) in [5, 5.41) is 10.2. The Hall–Kier alpha value is -2.10. The third-order valence-corrected chi connectivity index (χ3v) is 4.67. The van der Waals surface area contributed by atoms with Crippen LogP contribution in [0.25, 0.3) is 0 Å². The fourth-order valence-corrected chi connectivity index (χ4v) is 2.91. The highest BCUT2D eigenvalue weighted by Gasteiger charge is 2.44. The smallest absolute Gasteiger partial charge is 0.271 e. The molecule has 1 heterocycles. The summed E-state index contributed by atoms with van der Waals surface area (Å²) >= 11 is 0. The summed E-state index contributed by atoms with van der Waals surface area (Å²) in [6, 6.07) is 12.4. The van der Waals surface area contributed by atoms with Crippen LogP contribution in [0.5, 0.6) is 0 Å². The molecule has 1 amide bonds. The highest BCUT2D eigenvalue weighted by atomic mass is 16.1. The normalized spacial score (nSPS) is 19.2. The topological polar surface area (TPSA) is 57.8 Å². The number of benzene rings is 1. The summed E-state index contributed by atoms with van der Waals surface area (Å²) in [7, 11) is 0. The van der Waals surface area contributed by atoms with Crippen LogP contribution < -0.4 is 5.32 Å². The Morgan fingerprint density at radius 3 is 2.71 bits per heavy atom. The molecule has 0 spiro atoms. The van der Waals surface area contributed by atoms with Crippen LogP contribution in [0.15, 0.2) is 36.4 Å². The molecule has 1 aromatic heterocycles. The number of aromatic nitrogens is 2. The second-order valence-electron chi connectivity index (χ2n) is 6.31. The van der Waals surface area contributed by atoms with E-state index in [2.05, 4.69) is 39.8 Å². The van der Waals surface area contributed by atoms with Gasteiger partial charge in [0.1, 0.15) is 5.69 Å². The molecule has 0 aliphatic heterocycles. The van der Waals surface area contributed by atoms with Gasteiger partial charge in [0, 0.05) is 23.6 Å². The van der Waals surface area contributed by atoms with Crippen LogP contribution in [0.2, 0.25) is 0 Å². The molecule has 0 bridgehead atoms. The molecule has 4 nitrogen and oxygen atoms in total. The van der Waals surface area contributed by atoms with Gasteiger partial charge in [-0.2, -0.15) is 5.10 Å². The number of hydrogen-bond donors (Lipinski definition) is 2. The molecule has 2 fully saturated rings. The summed E-state index contributed by atoms with van der Waals surface area (Å²) < 4.78 is 0. The summed E-state index contributed by atoms with van der Waals surface area (Å²) in [6.45, 7) is 0.696. The zero-order valence-corrected chi connectivity index (χ0v) is 11.9. The first-order valence-electron chi connectivity index (χ1n) is 7.66. The van der Waals surface area contributed by atoms with Crippen molar-refractivity contribution in [1.82, 2.24) is 15.5 Å². The van der Waals surface area contributed by atoms with Gasteiger partial charge in [-0.15, -0.1) is 0 Å². The van der Waals surface area contributed by atoms with Crippen LogP contribution in [-0.4, -0.2) is 22.6 Å². The van der Waals surface area contributed by atoms with E-state index in [1.54, 1.807) is 0 Å². The van der Waals surface area contributed by atoms with Crippen LogP contribution in [-0.2, 0) is 5.41 Å². The van der Waals surface area contributed by atoms with E-state index in [4.69, 9.17) is 0 Å². The fourth-order valence-electron chi connectivity index (χ4n) is 2.91. The van der Waals surface area contributed by atoms with Gasteiger partial charge in [-0.25, -0.2) is 0 Å². The molecule has 108 valence electrons. The maximum atomic E-state index is 12.2. The second-order valence-corrected chi connectivity index (χ2v) is 6.31. The zero-order valence-electron chi connectivity index (χ0n) is 11.9. The van der Waals surface area contributed by atoms with Crippen molar-refractivity contribution in [3.05, 3.63) is 53.3 Å². The molecule has 0 saturated heterocycles. The number of H-pyrrole nitrogens is 1. The van der Waals surface area contributed by atoms with E-state index in [1.807, 2.05) is 12.1 Å². The Labute approximate surface area is 124 Å². The molecule has 4 rings (SSSR count). The van der Waals surface area contributed by atoms with Crippen molar-refractivity contribution in [2.24, 2.45) is 0 Å². The predicted molar refractivity (Wildman–Crippen MR) is 80.2 cm³/mol. The summed E-state index contributed by atoms with van der Waals surface area (Å²) in [5.74, 6) is 0.526. The van der Waals surface area contributed by atoms with Crippen LogP contribution in [0.4, 0.5) is 0 Å². The van der Waals surface area contributed by atoms with Gasteiger partial charge in [0.05, 0.1) is 0 Å². The lowest BCUT2D eigenvalue weighted by Crippen LogP contribution is -2.32. The lowest BCUT2D eigenvalue weighted by molar-refractivity contribution is 0.0944. The number of rotatable bonds is 5. The molecule has 2 aliphatic rings. The highest BCUT2D eigenvalue weighted by molar-refractivity contribution is 5.92. The molecule has 2 saturated carbocycles. The van der Waals surface area contributed by atoms with Crippen LogP contribution in [0.3, 0.4) is 0 Å². The number of nitrogens with zero attached hydrogens (tertiary/aromatic N) is 1. The van der Waals surface area contributed by atoms with Crippen molar-refractivity contribution in [2.75, 3.05) is 6.54 Å². The standard InChI is InChI=1S/C17H19N3O/c21-16(15-10-14(19-20-15)12-6-7-12)18-11-17(8-9-17)13-4-2-1-3-5-13/h1-5,10,12H,6-9,11H2,(H,18,21)(H,19,20). The van der Waals surface area contributed by atoms with E-state index in [0.29, 0.717) is 18.2 Å². The first kappa shape index (κ1) is 12.6. The molecular formula is C17H19N3O. The van der Waals surface area contributed by atoms with Crippen molar-refractivity contribution >= 4 is 5.91 Å². The van der Waals surface area contributed by atoms with Gasteiger partial charge in [-0.3, -0.25) is 9.89 Å². The average Bonchev–Trinajstić information content (AvgIpc) is 3.45. The van der Waals surface area contributed by atoms with Crippen molar-refractivity contribution in [1.29, 1.82) is 0 Å². The number of hydrogen-bond acceptors (Lipinski definition) is 2. The molecule has 2 aliphatic carbocycles. The molecule has 0 atom stereocenters. The van der Waals surface area contributed by atoms with E-state index < -0.39 is 0 Å². The van der Waals surface area contributed by atoms with Gasteiger partial charge in [-0.05, 0) is 37.3 Å². The summed E-state index contributed by atoms with van der Waals surface area (Å²) in [4.78, 5) is 12.2. The van der Waals surface area contributed by atoms with E-state index in [0.717, 1.165) is 18.5 Å². The monoisotopic (exact) mass is 281 g/mol. The number of carbonyl (C=O) groups is 1. The van der Waals surface area contributed by atoms with Gasteiger partial charge in [0.25, 0.3) is 5.91 Å². The average molecular weight is 281 g/mol. The number of amides is 1. The molecular weight excluding hydrogens is 262 g/mol. The van der Waals surface area contributed by atoms with E-state index in [9.17, 15) is 4.79 Å². The SMILES string of the molecule is O=C(NCC1(c2ccccc2)CC1)c1cc(C2CC2)[nH]n1. The third kappa shape index (κ3) is 2.46. The largest absolute Gasteiger partial charge is 0.350 e. The van der Waals surface area contributed by atoms with E-state index in [-0.39, 0.29) is 11.3 Å². The molecule has 0 unspecified atom stereocenters. The van der Waals surface area contributed by atoms with Crippen LogP contribution >= 0.6 is 0 Å². The first-order chi connectivity index (χ1) is 10.3. The molecule has 0 radical (unpaired) electrons. The number of aromatic amines is 1. The van der Waals surface area contributed by atoms with E-state index in [1.165, 1.54) is 18.4 Å². The number of carbonyl (C=O) groups excluding carboxylic acids is 1. The lowest BCUT2D eigenvalue weighted by atomic mass is 9.96. The lowest BCUT2D eigenvalue weighted by Gasteiger charge is -2.16. The quantitative estimate of drug-likeness (QED) is 0.885. The Morgan fingerprint density at radius 2 is 2.05 bits per heavy atom. The molecule has 21 heavy (non-hydrogen) atoms. The van der Waals surface area contributed by atoms with Crippen LogP contribution in [0.1, 0.15) is 53.3 Å². The maximum absolute atomic E-state index is 12.2. The van der Waals surface area contributed by atoms with Crippen molar-refractivity contribution in [2.45, 2.75) is 37.0 Å². The molecule has 2 N–H and O–H groups in total. The Balaban J connectivity index is 1.41. The van der Waals surface area contributed by atoms with Gasteiger partial charge >= 0.3 is 0 Å². The van der Waals surface area contributed by atoms with Crippen molar-refractivity contribution < 1.29 is 4.79 Å². The minimum atomic E-state index is -0.0691. The molecule has 4 heteroatoms. The molecule has 2 aromatic rings.